The summed E-state index contributed by atoms with van der Waals surface area (Å²) < 4.78 is 13.0. The molecule has 0 unspecified atom stereocenters. The van der Waals surface area contributed by atoms with Gasteiger partial charge in [-0.05, 0) is 54.2 Å². The molecule has 26 heavy (non-hydrogen) atoms. The molecule has 4 nitrogen and oxygen atoms in total. The quantitative estimate of drug-likeness (QED) is 0.283. The van der Waals surface area contributed by atoms with E-state index >= 15 is 0 Å². The summed E-state index contributed by atoms with van der Waals surface area (Å²) in [5.41, 5.74) is 5.11. The molecule has 0 spiro atoms. The molecular weight excluding hydrogens is 331 g/mol. The average Bonchev–Trinajstić information content (AvgIpc) is 2.67. The van der Waals surface area contributed by atoms with Crippen molar-refractivity contribution in [2.45, 2.75) is 32.1 Å². The van der Waals surface area contributed by atoms with Crippen molar-refractivity contribution in [2.24, 2.45) is 0 Å². The zero-order valence-corrected chi connectivity index (χ0v) is 14.7. The molecule has 0 fully saturated rings. The third-order valence-corrected chi connectivity index (χ3v) is 4.30. The first kappa shape index (κ1) is 19.5. The van der Waals surface area contributed by atoms with Crippen molar-refractivity contribution >= 4 is 17.7 Å². The van der Waals surface area contributed by atoms with E-state index < -0.39 is 5.91 Å². The van der Waals surface area contributed by atoms with E-state index in [1.807, 2.05) is 24.3 Å². The van der Waals surface area contributed by atoms with Gasteiger partial charge in [-0.1, -0.05) is 43.3 Å². The first-order chi connectivity index (χ1) is 12.5. The summed E-state index contributed by atoms with van der Waals surface area (Å²) in [4.78, 5) is 11.0. The first-order valence-corrected chi connectivity index (χ1v) is 8.57. The number of carbonyl (C=O) groups excluding carboxylic acids is 1. The fourth-order valence-electron chi connectivity index (χ4n) is 2.84. The number of nitrogens with one attached hydrogen (secondary N) is 2. The minimum absolute atomic E-state index is 0.0363. The second-order valence-corrected chi connectivity index (χ2v) is 6.09. The van der Waals surface area contributed by atoms with Crippen molar-refractivity contribution in [1.29, 1.82) is 5.41 Å². The van der Waals surface area contributed by atoms with Gasteiger partial charge in [-0.15, -0.1) is 0 Å². The first-order valence-electron chi connectivity index (χ1n) is 8.57. The summed E-state index contributed by atoms with van der Waals surface area (Å²) in [7, 11) is 0. The maximum atomic E-state index is 13.0. The lowest BCUT2D eigenvalue weighted by Gasteiger charge is -2.17. The van der Waals surface area contributed by atoms with Crippen LogP contribution in [0.4, 0.5) is 4.39 Å². The van der Waals surface area contributed by atoms with Crippen LogP contribution in [0.3, 0.4) is 0 Å². The van der Waals surface area contributed by atoms with Crippen LogP contribution in [0.25, 0.3) is 6.08 Å². The van der Waals surface area contributed by atoms with E-state index in [1.165, 1.54) is 18.2 Å². The van der Waals surface area contributed by atoms with Crippen molar-refractivity contribution in [3.05, 3.63) is 77.1 Å². The van der Waals surface area contributed by atoms with E-state index in [4.69, 9.17) is 10.6 Å². The molecule has 0 aliphatic rings. The van der Waals surface area contributed by atoms with Crippen LogP contribution in [0.2, 0.25) is 0 Å². The standard InChI is InChI=1S/C21H23FN2O2/c1-2-19(20(23)13-7-16-5-11-18(22)12-6-16)17-9-3-15(4-10-17)8-14-21(25)24-26/h3-6,8-12,14,19,23,26H,2,7,13H2,1H3,(H,24,25)/b14-8+,23-20?/t19-/m0/s1. The molecule has 1 amide bonds. The molecular formula is C21H23FN2O2. The summed E-state index contributed by atoms with van der Waals surface area (Å²) in [5.74, 6) is -0.793. The lowest BCUT2D eigenvalue weighted by molar-refractivity contribution is -0.124. The molecule has 0 bridgehead atoms. The van der Waals surface area contributed by atoms with Crippen LogP contribution in [0.5, 0.6) is 0 Å². The van der Waals surface area contributed by atoms with Crippen molar-refractivity contribution in [2.75, 3.05) is 0 Å². The Morgan fingerprint density at radius 1 is 1.19 bits per heavy atom. The van der Waals surface area contributed by atoms with Gasteiger partial charge in [0.2, 0.25) is 0 Å². The molecule has 5 heteroatoms. The van der Waals surface area contributed by atoms with E-state index in [9.17, 15) is 9.18 Å². The minimum Gasteiger partial charge on any atom is -0.309 e. The Labute approximate surface area is 152 Å². The van der Waals surface area contributed by atoms with Crippen LogP contribution in [0, 0.1) is 11.2 Å². The Bertz CT molecular complexity index is 768. The fraction of sp³-hybridized carbons (Fsp3) is 0.238. The van der Waals surface area contributed by atoms with Crippen molar-refractivity contribution in [3.63, 3.8) is 0 Å². The number of amides is 1. The second kappa shape index (κ2) is 9.63. The fourth-order valence-corrected chi connectivity index (χ4v) is 2.84. The zero-order valence-electron chi connectivity index (χ0n) is 14.7. The highest BCUT2D eigenvalue weighted by Gasteiger charge is 2.15. The van der Waals surface area contributed by atoms with Gasteiger partial charge in [0.15, 0.2) is 0 Å². The van der Waals surface area contributed by atoms with Crippen molar-refractivity contribution < 1.29 is 14.4 Å². The van der Waals surface area contributed by atoms with Gasteiger partial charge in [-0.25, -0.2) is 9.87 Å². The summed E-state index contributed by atoms with van der Waals surface area (Å²) in [6.07, 6.45) is 5.02. The highest BCUT2D eigenvalue weighted by atomic mass is 19.1. The van der Waals surface area contributed by atoms with Crippen LogP contribution in [0.15, 0.2) is 54.6 Å². The van der Waals surface area contributed by atoms with Gasteiger partial charge in [0, 0.05) is 17.7 Å². The number of hydrogen-bond acceptors (Lipinski definition) is 3. The number of halogens is 1. The van der Waals surface area contributed by atoms with Crippen LogP contribution in [0.1, 0.15) is 42.4 Å². The molecule has 2 aromatic carbocycles. The molecule has 0 heterocycles. The Morgan fingerprint density at radius 3 is 2.42 bits per heavy atom. The summed E-state index contributed by atoms with van der Waals surface area (Å²) in [5, 5.41) is 16.9. The normalized spacial score (nSPS) is 12.1. The van der Waals surface area contributed by atoms with Gasteiger partial charge in [0.05, 0.1) is 0 Å². The summed E-state index contributed by atoms with van der Waals surface area (Å²) in [6, 6.07) is 14.1. The van der Waals surface area contributed by atoms with Crippen LogP contribution < -0.4 is 5.48 Å². The zero-order chi connectivity index (χ0) is 18.9. The minimum atomic E-state index is -0.580. The predicted molar refractivity (Wildman–Crippen MR) is 101 cm³/mol. The number of hydroxylamine groups is 1. The second-order valence-electron chi connectivity index (χ2n) is 6.09. The van der Waals surface area contributed by atoms with Crippen LogP contribution in [-0.4, -0.2) is 16.8 Å². The van der Waals surface area contributed by atoms with Gasteiger partial charge in [-0.3, -0.25) is 10.0 Å². The van der Waals surface area contributed by atoms with E-state index in [2.05, 4.69) is 6.92 Å². The number of hydrogen-bond donors (Lipinski definition) is 3. The maximum absolute atomic E-state index is 13.0. The molecule has 2 rings (SSSR count). The monoisotopic (exact) mass is 354 g/mol. The molecule has 1 atom stereocenters. The number of benzene rings is 2. The van der Waals surface area contributed by atoms with Crippen molar-refractivity contribution in [1.82, 2.24) is 5.48 Å². The summed E-state index contributed by atoms with van der Waals surface area (Å²) in [6.45, 7) is 2.05. The van der Waals surface area contributed by atoms with E-state index in [0.29, 0.717) is 18.6 Å². The average molecular weight is 354 g/mol. The van der Waals surface area contributed by atoms with E-state index in [0.717, 1.165) is 23.1 Å². The predicted octanol–water partition coefficient (Wildman–Crippen LogP) is 4.49. The Balaban J connectivity index is 2.00. The van der Waals surface area contributed by atoms with Gasteiger partial charge in [-0.2, -0.15) is 0 Å². The van der Waals surface area contributed by atoms with Crippen LogP contribution >= 0.6 is 0 Å². The highest BCUT2D eigenvalue weighted by Crippen LogP contribution is 2.24. The molecule has 136 valence electrons. The van der Waals surface area contributed by atoms with Crippen molar-refractivity contribution in [3.8, 4) is 0 Å². The molecule has 0 saturated heterocycles. The largest absolute Gasteiger partial charge is 0.309 e. The van der Waals surface area contributed by atoms with Gasteiger partial charge in [0.1, 0.15) is 5.82 Å². The molecule has 0 aromatic heterocycles. The molecule has 0 aliphatic heterocycles. The maximum Gasteiger partial charge on any atom is 0.267 e. The number of aryl methyl sites for hydroxylation is 1. The van der Waals surface area contributed by atoms with Gasteiger partial charge < -0.3 is 5.41 Å². The third kappa shape index (κ3) is 5.63. The third-order valence-electron chi connectivity index (χ3n) is 4.30. The van der Waals surface area contributed by atoms with E-state index in [-0.39, 0.29) is 11.7 Å². The Hall–Kier alpha value is -2.79. The highest BCUT2D eigenvalue weighted by molar-refractivity contribution is 5.91. The SMILES string of the molecule is CC[C@H](C(=N)CCc1ccc(F)cc1)c1ccc(/C=C/C(=O)NO)cc1. The topological polar surface area (TPSA) is 73.2 Å². The summed E-state index contributed by atoms with van der Waals surface area (Å²) >= 11 is 0. The van der Waals surface area contributed by atoms with Gasteiger partial charge in [0.25, 0.3) is 5.91 Å². The smallest absolute Gasteiger partial charge is 0.267 e. The molecule has 0 saturated carbocycles. The Morgan fingerprint density at radius 2 is 1.85 bits per heavy atom. The van der Waals surface area contributed by atoms with Crippen LogP contribution in [-0.2, 0) is 11.2 Å². The van der Waals surface area contributed by atoms with Gasteiger partial charge >= 0.3 is 0 Å². The molecule has 0 radical (unpaired) electrons. The number of rotatable bonds is 8. The number of carbonyl (C=O) groups is 1. The molecule has 2 aromatic rings. The lowest BCUT2D eigenvalue weighted by atomic mass is 9.88. The lowest BCUT2D eigenvalue weighted by Crippen LogP contribution is -2.14. The molecule has 3 N–H and O–H groups in total. The molecule has 0 aliphatic carbocycles. The van der Waals surface area contributed by atoms with E-state index in [1.54, 1.807) is 23.7 Å². The Kier molecular flexibility index (Phi) is 7.24.